The Hall–Kier alpha value is -2.32. The molecule has 0 radical (unpaired) electrons. The fourth-order valence-corrected chi connectivity index (χ4v) is 5.02. The second kappa shape index (κ2) is 12.1. The van der Waals surface area contributed by atoms with E-state index in [0.717, 1.165) is 56.3 Å². The maximum atomic E-state index is 13.4. The number of halogens is 2. The zero-order chi connectivity index (χ0) is 24.8. The second-order valence-corrected chi connectivity index (χ2v) is 9.80. The number of benzene rings is 1. The maximum Gasteiger partial charge on any atom is 0.187 e. The number of nitrogens with zero attached hydrogens (tertiary/aromatic N) is 3. The molecule has 4 rings (SSSR count). The summed E-state index contributed by atoms with van der Waals surface area (Å²) in [6, 6.07) is 7.12. The van der Waals surface area contributed by atoms with E-state index in [9.17, 15) is 4.79 Å². The van der Waals surface area contributed by atoms with Gasteiger partial charge in [0.15, 0.2) is 12.0 Å². The Balaban J connectivity index is 1.78. The van der Waals surface area contributed by atoms with Crippen LogP contribution < -0.4 is 5.32 Å². The van der Waals surface area contributed by atoms with Crippen molar-refractivity contribution in [2.24, 2.45) is 4.99 Å². The van der Waals surface area contributed by atoms with Crippen LogP contribution in [0.4, 0.5) is 0 Å². The highest BCUT2D eigenvalue weighted by Gasteiger charge is 2.26. The van der Waals surface area contributed by atoms with Gasteiger partial charge in [-0.25, -0.2) is 9.67 Å². The Morgan fingerprint density at radius 1 is 1.26 bits per heavy atom. The quantitative estimate of drug-likeness (QED) is 0.204. The summed E-state index contributed by atoms with van der Waals surface area (Å²) in [5, 5.41) is 16.8. The Morgan fingerprint density at radius 3 is 2.80 bits per heavy atom. The van der Waals surface area contributed by atoms with Gasteiger partial charge in [0.1, 0.15) is 5.84 Å². The van der Waals surface area contributed by atoms with E-state index in [0.29, 0.717) is 29.3 Å². The SMILES string of the molecule is CC(=N)/N=C(\C(=C\C(=O)c1cccc(Cl)c1Cl)CC1CCCCN1)c1ccnn1C1CCCCO1. The third kappa shape index (κ3) is 6.47. The first-order valence-electron chi connectivity index (χ1n) is 12.2. The number of aliphatic imine (C=N–C) groups is 1. The fraction of sp³-hybridized carbons (Fsp3) is 0.462. The second-order valence-electron chi connectivity index (χ2n) is 9.01. The molecule has 2 aliphatic rings. The van der Waals surface area contributed by atoms with Crippen LogP contribution in [0.5, 0.6) is 0 Å². The van der Waals surface area contributed by atoms with Crippen molar-refractivity contribution >= 4 is 40.5 Å². The summed E-state index contributed by atoms with van der Waals surface area (Å²) in [6.07, 6.45) is 9.91. The molecule has 0 spiro atoms. The lowest BCUT2D eigenvalue weighted by Crippen LogP contribution is -2.35. The molecule has 2 N–H and O–H groups in total. The highest BCUT2D eigenvalue weighted by atomic mass is 35.5. The lowest BCUT2D eigenvalue weighted by molar-refractivity contribution is -0.0397. The molecule has 2 aromatic rings. The van der Waals surface area contributed by atoms with Crippen LogP contribution in [-0.4, -0.2) is 46.3 Å². The zero-order valence-electron chi connectivity index (χ0n) is 19.9. The van der Waals surface area contributed by atoms with Crippen molar-refractivity contribution in [3.63, 3.8) is 0 Å². The monoisotopic (exact) mass is 515 g/mol. The van der Waals surface area contributed by atoms with Gasteiger partial charge < -0.3 is 10.1 Å². The van der Waals surface area contributed by atoms with Crippen LogP contribution in [0.1, 0.15) is 74.1 Å². The molecule has 0 amide bonds. The van der Waals surface area contributed by atoms with Crippen LogP contribution in [-0.2, 0) is 4.74 Å². The molecule has 9 heteroatoms. The lowest BCUT2D eigenvalue weighted by Gasteiger charge is -2.27. The van der Waals surface area contributed by atoms with E-state index < -0.39 is 0 Å². The Morgan fingerprint density at radius 2 is 2.09 bits per heavy atom. The summed E-state index contributed by atoms with van der Waals surface area (Å²) in [5.74, 6) is -0.105. The van der Waals surface area contributed by atoms with Gasteiger partial charge in [0.25, 0.3) is 0 Å². The zero-order valence-corrected chi connectivity index (χ0v) is 21.4. The average Bonchev–Trinajstić information content (AvgIpc) is 3.34. The largest absolute Gasteiger partial charge is 0.356 e. The topological polar surface area (TPSA) is 92.4 Å². The number of ketones is 1. The number of carbonyl (C=O) groups is 1. The first-order chi connectivity index (χ1) is 16.9. The first kappa shape index (κ1) is 25.8. The summed E-state index contributed by atoms with van der Waals surface area (Å²) < 4.78 is 7.82. The van der Waals surface area contributed by atoms with E-state index in [1.165, 1.54) is 0 Å². The lowest BCUT2D eigenvalue weighted by atomic mass is 9.92. The summed E-state index contributed by atoms with van der Waals surface area (Å²) in [7, 11) is 0. The third-order valence-corrected chi connectivity index (χ3v) is 7.14. The molecule has 2 atom stereocenters. The smallest absolute Gasteiger partial charge is 0.187 e. The normalized spacial score (nSPS) is 21.7. The first-order valence-corrected chi connectivity index (χ1v) is 12.9. The number of carbonyl (C=O) groups excluding carboxylic acids is 1. The number of allylic oxidation sites excluding steroid dienone is 1. The molecule has 1 aromatic carbocycles. The molecule has 2 saturated heterocycles. The number of nitrogens with one attached hydrogen (secondary N) is 2. The van der Waals surface area contributed by atoms with Crippen molar-refractivity contribution in [3.8, 4) is 0 Å². The van der Waals surface area contributed by atoms with Gasteiger partial charge in [-0.05, 0) is 81.8 Å². The molecule has 2 unspecified atom stereocenters. The molecule has 0 aliphatic carbocycles. The van der Waals surface area contributed by atoms with Crippen molar-refractivity contribution < 1.29 is 9.53 Å². The third-order valence-electron chi connectivity index (χ3n) is 6.33. The van der Waals surface area contributed by atoms with Gasteiger partial charge in [-0.2, -0.15) is 5.10 Å². The molecule has 35 heavy (non-hydrogen) atoms. The summed E-state index contributed by atoms with van der Waals surface area (Å²) >= 11 is 12.5. The van der Waals surface area contributed by atoms with Crippen LogP contribution in [0.25, 0.3) is 0 Å². The summed E-state index contributed by atoms with van der Waals surface area (Å²) in [4.78, 5) is 18.0. The molecule has 7 nitrogen and oxygen atoms in total. The molecule has 2 fully saturated rings. The molecule has 0 bridgehead atoms. The molecule has 0 saturated carbocycles. The maximum absolute atomic E-state index is 13.4. The Bertz CT molecular complexity index is 1130. The van der Waals surface area contributed by atoms with E-state index in [1.54, 1.807) is 37.4 Å². The van der Waals surface area contributed by atoms with Crippen molar-refractivity contribution in [1.29, 1.82) is 5.41 Å². The van der Waals surface area contributed by atoms with Crippen LogP contribution in [0.2, 0.25) is 10.0 Å². The van der Waals surface area contributed by atoms with Crippen molar-refractivity contribution in [2.45, 2.75) is 64.1 Å². The van der Waals surface area contributed by atoms with Gasteiger partial charge in [0.05, 0.1) is 21.5 Å². The minimum atomic E-state index is -0.251. The van der Waals surface area contributed by atoms with Crippen molar-refractivity contribution in [1.82, 2.24) is 15.1 Å². The Labute approximate surface area is 216 Å². The van der Waals surface area contributed by atoms with E-state index in [-0.39, 0.29) is 28.9 Å². The van der Waals surface area contributed by atoms with Gasteiger partial charge in [-0.15, -0.1) is 0 Å². The van der Waals surface area contributed by atoms with Gasteiger partial charge >= 0.3 is 0 Å². The van der Waals surface area contributed by atoms with E-state index in [2.05, 4.69) is 15.4 Å². The number of hydrogen-bond acceptors (Lipinski definition) is 5. The molecule has 3 heterocycles. The molecule has 1 aromatic heterocycles. The van der Waals surface area contributed by atoms with E-state index >= 15 is 0 Å². The predicted molar refractivity (Wildman–Crippen MR) is 140 cm³/mol. The standard InChI is InChI=1S/C26H31Cl2N5O2/c1-17(29)32-26(22-11-13-31-33(22)24-10-3-5-14-35-24)18(15-19-7-2-4-12-30-19)16-23(34)20-8-6-9-21(27)25(20)28/h6,8-9,11,13,16,19,24,29-30H,2-5,7,10,12,14-15H2,1H3/b18-16+,29-17?,32-26+. The highest BCUT2D eigenvalue weighted by molar-refractivity contribution is 6.44. The van der Waals surface area contributed by atoms with Gasteiger partial charge in [-0.1, -0.05) is 35.7 Å². The van der Waals surface area contributed by atoms with Gasteiger partial charge in [-0.3, -0.25) is 10.2 Å². The Kier molecular flexibility index (Phi) is 8.89. The minimum absolute atomic E-state index is 0.146. The predicted octanol–water partition coefficient (Wildman–Crippen LogP) is 6.02. The number of amidine groups is 1. The van der Waals surface area contributed by atoms with E-state index in [4.69, 9.17) is 33.3 Å². The number of aromatic nitrogens is 2. The number of rotatable bonds is 7. The van der Waals surface area contributed by atoms with Gasteiger partial charge in [0, 0.05) is 24.4 Å². The molecular formula is C26H31Cl2N5O2. The van der Waals surface area contributed by atoms with E-state index in [1.807, 2.05) is 10.7 Å². The summed E-state index contributed by atoms with van der Waals surface area (Å²) in [6.45, 7) is 3.25. The van der Waals surface area contributed by atoms with Crippen LogP contribution in [0.15, 0.2) is 47.1 Å². The molecular weight excluding hydrogens is 485 g/mol. The molecule has 186 valence electrons. The molecule has 2 aliphatic heterocycles. The number of ether oxygens (including phenoxy) is 1. The average molecular weight is 516 g/mol. The number of hydrogen-bond donors (Lipinski definition) is 2. The van der Waals surface area contributed by atoms with Crippen LogP contribution >= 0.6 is 23.2 Å². The highest BCUT2D eigenvalue weighted by Crippen LogP contribution is 2.29. The summed E-state index contributed by atoms with van der Waals surface area (Å²) in [5.41, 5.74) is 2.36. The van der Waals surface area contributed by atoms with Crippen LogP contribution in [0.3, 0.4) is 0 Å². The minimum Gasteiger partial charge on any atom is -0.356 e. The fourth-order valence-electron chi connectivity index (χ4n) is 4.63. The van der Waals surface area contributed by atoms with Crippen LogP contribution in [0, 0.1) is 5.41 Å². The van der Waals surface area contributed by atoms with Gasteiger partial charge in [0.2, 0.25) is 0 Å². The van der Waals surface area contributed by atoms with Crippen molar-refractivity contribution in [3.05, 3.63) is 63.4 Å². The van der Waals surface area contributed by atoms with Crippen molar-refractivity contribution in [2.75, 3.05) is 13.2 Å². The number of piperidine rings is 1.